The lowest BCUT2D eigenvalue weighted by Crippen LogP contribution is -2.22. The van der Waals surface area contributed by atoms with Crippen LogP contribution in [0.3, 0.4) is 0 Å². The van der Waals surface area contributed by atoms with Gasteiger partial charge >= 0.3 is 5.97 Å². The van der Waals surface area contributed by atoms with E-state index in [0.29, 0.717) is 0 Å². The van der Waals surface area contributed by atoms with Crippen LogP contribution in [0.4, 0.5) is 0 Å². The quantitative estimate of drug-likeness (QED) is 0.805. The highest BCUT2D eigenvalue weighted by atomic mass is 32.2. The molecule has 0 amide bonds. The number of aromatic nitrogens is 2. The number of carboxylic acids is 1. The van der Waals surface area contributed by atoms with Gasteiger partial charge in [0.1, 0.15) is 5.25 Å². The molecule has 15 heavy (non-hydrogen) atoms. The average molecular weight is 230 g/mol. The molecule has 0 bridgehead atoms. The number of rotatable bonds is 5. The fraction of sp³-hybridized carbons (Fsp3) is 0.556. The molecule has 2 unspecified atom stereocenters. The Morgan fingerprint density at radius 2 is 2.40 bits per heavy atom. The first-order chi connectivity index (χ1) is 7.04. The minimum atomic E-state index is -1.39. The SMILES string of the molecule is CCn1cc(CS(=O)C(C)C(=O)O)cn1. The predicted octanol–water partition coefficient (Wildman–Crippen LogP) is 0.625. The van der Waals surface area contributed by atoms with E-state index in [9.17, 15) is 9.00 Å². The number of carboxylic acid groups (broad SMARTS) is 1. The maximum absolute atomic E-state index is 11.5. The standard InChI is InChI=1S/C9H14N2O3S/c1-3-11-5-8(4-10-11)6-15(14)7(2)9(12)13/h4-5,7H,3,6H2,1-2H3,(H,12,13). The third-order valence-corrected chi connectivity index (χ3v) is 3.67. The molecule has 0 aliphatic carbocycles. The van der Waals surface area contributed by atoms with Gasteiger partial charge in [-0.3, -0.25) is 13.7 Å². The number of nitrogens with zero attached hydrogens (tertiary/aromatic N) is 2. The van der Waals surface area contributed by atoms with Crippen LogP contribution in [-0.4, -0.2) is 30.3 Å². The molecule has 2 atom stereocenters. The van der Waals surface area contributed by atoms with Crippen molar-refractivity contribution in [3.05, 3.63) is 18.0 Å². The predicted molar refractivity (Wildman–Crippen MR) is 56.8 cm³/mol. The van der Waals surface area contributed by atoms with Gasteiger partial charge in [0.25, 0.3) is 0 Å². The average Bonchev–Trinajstić information content (AvgIpc) is 2.64. The summed E-state index contributed by atoms with van der Waals surface area (Å²) in [5.41, 5.74) is 0.809. The summed E-state index contributed by atoms with van der Waals surface area (Å²) < 4.78 is 13.3. The van der Waals surface area contributed by atoms with E-state index in [0.717, 1.165) is 12.1 Å². The van der Waals surface area contributed by atoms with Gasteiger partial charge in [0.15, 0.2) is 0 Å². The van der Waals surface area contributed by atoms with Crippen LogP contribution in [0.2, 0.25) is 0 Å². The van der Waals surface area contributed by atoms with Crippen molar-refractivity contribution in [2.75, 3.05) is 0 Å². The summed E-state index contributed by atoms with van der Waals surface area (Å²) >= 11 is 0. The summed E-state index contributed by atoms with van der Waals surface area (Å²) in [6, 6.07) is 0. The Morgan fingerprint density at radius 3 is 2.87 bits per heavy atom. The topological polar surface area (TPSA) is 72.2 Å². The maximum Gasteiger partial charge on any atom is 0.318 e. The molecule has 1 aromatic rings. The van der Waals surface area contributed by atoms with Gasteiger partial charge < -0.3 is 5.11 Å². The first-order valence-electron chi connectivity index (χ1n) is 4.66. The highest BCUT2D eigenvalue weighted by molar-refractivity contribution is 7.85. The minimum absolute atomic E-state index is 0.244. The van der Waals surface area contributed by atoms with Crippen molar-refractivity contribution in [1.82, 2.24) is 9.78 Å². The van der Waals surface area contributed by atoms with E-state index in [1.165, 1.54) is 6.92 Å². The minimum Gasteiger partial charge on any atom is -0.480 e. The Kier molecular flexibility index (Phi) is 4.02. The van der Waals surface area contributed by atoms with E-state index in [4.69, 9.17) is 5.11 Å². The first kappa shape index (κ1) is 11.9. The van der Waals surface area contributed by atoms with Crippen LogP contribution in [0.5, 0.6) is 0 Å². The van der Waals surface area contributed by atoms with Gasteiger partial charge in [-0.2, -0.15) is 5.10 Å². The summed E-state index contributed by atoms with van der Waals surface area (Å²) in [4.78, 5) is 10.6. The summed E-state index contributed by atoms with van der Waals surface area (Å²) in [6.07, 6.45) is 3.41. The molecule has 0 fully saturated rings. The van der Waals surface area contributed by atoms with Crippen molar-refractivity contribution < 1.29 is 14.1 Å². The Labute approximate surface area is 90.6 Å². The highest BCUT2D eigenvalue weighted by Crippen LogP contribution is 2.06. The lowest BCUT2D eigenvalue weighted by Gasteiger charge is -2.04. The Bertz CT molecular complexity index is 375. The van der Waals surface area contributed by atoms with Crippen LogP contribution >= 0.6 is 0 Å². The molecule has 1 N–H and O–H groups in total. The van der Waals surface area contributed by atoms with Gasteiger partial charge in [-0.15, -0.1) is 0 Å². The number of carbonyl (C=O) groups is 1. The summed E-state index contributed by atoms with van der Waals surface area (Å²) in [6.45, 7) is 4.15. The van der Waals surface area contributed by atoms with Crippen LogP contribution in [0.25, 0.3) is 0 Å². The van der Waals surface area contributed by atoms with E-state index in [1.54, 1.807) is 17.1 Å². The maximum atomic E-state index is 11.5. The highest BCUT2D eigenvalue weighted by Gasteiger charge is 2.19. The molecule has 0 saturated heterocycles. The largest absolute Gasteiger partial charge is 0.480 e. The van der Waals surface area contributed by atoms with E-state index in [-0.39, 0.29) is 5.75 Å². The van der Waals surface area contributed by atoms with Crippen molar-refractivity contribution in [3.63, 3.8) is 0 Å². The van der Waals surface area contributed by atoms with Gasteiger partial charge in [0.2, 0.25) is 0 Å². The molecule has 0 radical (unpaired) electrons. The second-order valence-corrected chi connectivity index (χ2v) is 4.97. The molecule has 0 aromatic carbocycles. The fourth-order valence-electron chi connectivity index (χ4n) is 1.06. The number of hydrogen-bond acceptors (Lipinski definition) is 3. The molecule has 1 heterocycles. The second-order valence-electron chi connectivity index (χ2n) is 3.21. The second kappa shape index (κ2) is 5.06. The molecule has 6 heteroatoms. The Hall–Kier alpha value is -1.17. The van der Waals surface area contributed by atoms with Crippen LogP contribution in [0.1, 0.15) is 19.4 Å². The van der Waals surface area contributed by atoms with Crippen LogP contribution in [0, 0.1) is 0 Å². The smallest absolute Gasteiger partial charge is 0.318 e. The van der Waals surface area contributed by atoms with Crippen molar-refractivity contribution >= 4 is 16.8 Å². The van der Waals surface area contributed by atoms with E-state index < -0.39 is 22.0 Å². The van der Waals surface area contributed by atoms with E-state index in [2.05, 4.69) is 5.10 Å². The Morgan fingerprint density at radius 1 is 1.73 bits per heavy atom. The third kappa shape index (κ3) is 3.16. The Balaban J connectivity index is 2.62. The van der Waals surface area contributed by atoms with Crippen molar-refractivity contribution in [1.29, 1.82) is 0 Å². The van der Waals surface area contributed by atoms with Crippen molar-refractivity contribution in [2.45, 2.75) is 31.4 Å². The fourth-order valence-corrected chi connectivity index (χ4v) is 2.01. The number of aryl methyl sites for hydroxylation is 1. The van der Waals surface area contributed by atoms with Gasteiger partial charge in [0, 0.05) is 29.1 Å². The molecule has 0 aliphatic heterocycles. The molecular formula is C9H14N2O3S. The molecule has 0 aliphatic rings. The van der Waals surface area contributed by atoms with E-state index in [1.807, 2.05) is 6.92 Å². The van der Waals surface area contributed by atoms with Crippen LogP contribution in [-0.2, 0) is 27.9 Å². The van der Waals surface area contributed by atoms with Crippen molar-refractivity contribution in [2.24, 2.45) is 0 Å². The van der Waals surface area contributed by atoms with Crippen molar-refractivity contribution in [3.8, 4) is 0 Å². The van der Waals surface area contributed by atoms with E-state index >= 15 is 0 Å². The molecule has 1 rings (SSSR count). The number of aliphatic carboxylic acids is 1. The van der Waals surface area contributed by atoms with Gasteiger partial charge in [-0.25, -0.2) is 0 Å². The third-order valence-electron chi connectivity index (χ3n) is 2.06. The number of hydrogen-bond donors (Lipinski definition) is 1. The first-order valence-corrected chi connectivity index (χ1v) is 6.04. The van der Waals surface area contributed by atoms with Crippen LogP contribution in [0.15, 0.2) is 12.4 Å². The zero-order valence-corrected chi connectivity index (χ0v) is 9.53. The lowest BCUT2D eigenvalue weighted by molar-refractivity contribution is -0.136. The zero-order chi connectivity index (χ0) is 11.4. The van der Waals surface area contributed by atoms with Gasteiger partial charge in [-0.1, -0.05) is 0 Å². The van der Waals surface area contributed by atoms with Crippen LogP contribution < -0.4 is 0 Å². The molecule has 84 valence electrons. The lowest BCUT2D eigenvalue weighted by atomic mass is 10.4. The summed E-state index contributed by atoms with van der Waals surface area (Å²) in [5, 5.41) is 11.9. The monoisotopic (exact) mass is 230 g/mol. The molecule has 5 nitrogen and oxygen atoms in total. The van der Waals surface area contributed by atoms with Gasteiger partial charge in [0.05, 0.1) is 11.9 Å². The molecule has 1 aromatic heterocycles. The normalized spacial score (nSPS) is 14.8. The summed E-state index contributed by atoms with van der Waals surface area (Å²) in [7, 11) is -1.39. The van der Waals surface area contributed by atoms with Gasteiger partial charge in [-0.05, 0) is 13.8 Å². The molecule has 0 saturated carbocycles. The molecule has 0 spiro atoms. The zero-order valence-electron chi connectivity index (χ0n) is 8.71. The molecular weight excluding hydrogens is 216 g/mol. The summed E-state index contributed by atoms with van der Waals surface area (Å²) in [5.74, 6) is -0.788.